The van der Waals surface area contributed by atoms with Crippen molar-refractivity contribution >= 4 is 33.7 Å². The lowest BCUT2D eigenvalue weighted by atomic mass is 10.4. The van der Waals surface area contributed by atoms with Gasteiger partial charge in [0.15, 0.2) is 0 Å². The molecular weight excluding hydrogens is 195 g/mol. The lowest BCUT2D eigenvalue weighted by molar-refractivity contribution is 1.51. The standard InChI is InChI=1S/C8H10ClPS/c1-2-10(9,11)8-6-4-3-5-7-8/h3-7H,2H2,1H3. The highest BCUT2D eigenvalue weighted by molar-refractivity contribution is 8.30. The Morgan fingerprint density at radius 3 is 2.36 bits per heavy atom. The van der Waals surface area contributed by atoms with E-state index in [1.54, 1.807) is 0 Å². The molecule has 1 rings (SSSR count). The summed E-state index contributed by atoms with van der Waals surface area (Å²) in [5, 5.41) is -0.596. The first-order chi connectivity index (χ1) is 5.17. The van der Waals surface area contributed by atoms with Gasteiger partial charge in [0.25, 0.3) is 0 Å². The van der Waals surface area contributed by atoms with E-state index in [0.29, 0.717) is 0 Å². The molecule has 0 aliphatic heterocycles. The van der Waals surface area contributed by atoms with Gasteiger partial charge >= 0.3 is 0 Å². The van der Waals surface area contributed by atoms with Gasteiger partial charge in [-0.15, -0.1) is 0 Å². The van der Waals surface area contributed by atoms with Crippen molar-refractivity contribution in [3.05, 3.63) is 30.3 Å². The molecule has 0 fully saturated rings. The van der Waals surface area contributed by atoms with Gasteiger partial charge in [-0.1, -0.05) is 60.3 Å². The van der Waals surface area contributed by atoms with E-state index in [1.165, 1.54) is 0 Å². The van der Waals surface area contributed by atoms with Gasteiger partial charge in [-0.2, -0.15) is 0 Å². The highest BCUT2D eigenvalue weighted by atomic mass is 35.7. The lowest BCUT2D eigenvalue weighted by Crippen LogP contribution is -1.99. The monoisotopic (exact) mass is 204 g/mol. The summed E-state index contributed by atoms with van der Waals surface area (Å²) in [6.45, 7) is 2.04. The Bertz CT molecular complexity index is 271. The third-order valence-electron chi connectivity index (χ3n) is 1.55. The van der Waals surface area contributed by atoms with E-state index in [0.717, 1.165) is 11.5 Å². The fourth-order valence-electron chi connectivity index (χ4n) is 0.833. The van der Waals surface area contributed by atoms with E-state index in [-0.39, 0.29) is 0 Å². The summed E-state index contributed by atoms with van der Waals surface area (Å²) < 4.78 is 0. The molecule has 0 aliphatic rings. The summed E-state index contributed by atoms with van der Waals surface area (Å²) in [6, 6.07) is 9.96. The van der Waals surface area contributed by atoms with Crippen LogP contribution in [0.3, 0.4) is 0 Å². The second-order valence-corrected chi connectivity index (χ2v) is 8.96. The van der Waals surface area contributed by atoms with E-state index in [2.05, 4.69) is 0 Å². The molecule has 0 aromatic heterocycles. The van der Waals surface area contributed by atoms with Crippen LogP contribution in [0.2, 0.25) is 0 Å². The van der Waals surface area contributed by atoms with Gasteiger partial charge in [-0.25, -0.2) is 0 Å². The van der Waals surface area contributed by atoms with Gasteiger partial charge in [0, 0.05) is 0 Å². The van der Waals surface area contributed by atoms with Gasteiger partial charge in [-0.05, 0) is 11.5 Å². The Kier molecular flexibility index (Phi) is 3.12. The van der Waals surface area contributed by atoms with Crippen LogP contribution >= 0.6 is 16.6 Å². The highest BCUT2D eigenvalue weighted by Gasteiger charge is 2.11. The minimum Gasteiger partial charge on any atom is -0.0806 e. The molecule has 1 unspecified atom stereocenters. The van der Waals surface area contributed by atoms with Gasteiger partial charge < -0.3 is 0 Å². The fraction of sp³-hybridized carbons (Fsp3) is 0.250. The van der Waals surface area contributed by atoms with Crippen LogP contribution in [0.15, 0.2) is 30.3 Å². The predicted octanol–water partition coefficient (Wildman–Crippen LogP) is 2.97. The van der Waals surface area contributed by atoms with Crippen molar-refractivity contribution in [3.63, 3.8) is 0 Å². The van der Waals surface area contributed by atoms with Crippen LogP contribution in [0.1, 0.15) is 6.92 Å². The summed E-state index contributed by atoms with van der Waals surface area (Å²) in [6.07, 6.45) is 0.883. The van der Waals surface area contributed by atoms with E-state index in [4.69, 9.17) is 23.0 Å². The fourth-order valence-corrected chi connectivity index (χ4v) is 2.52. The normalized spacial score (nSPS) is 15.8. The molecule has 0 heterocycles. The molecule has 0 spiro atoms. The summed E-state index contributed by atoms with van der Waals surface area (Å²) in [4.78, 5) is 0. The molecule has 11 heavy (non-hydrogen) atoms. The summed E-state index contributed by atoms with van der Waals surface area (Å²) >= 11 is 11.5. The van der Waals surface area contributed by atoms with Crippen LogP contribution in [-0.2, 0) is 11.8 Å². The molecule has 0 aliphatic carbocycles. The summed E-state index contributed by atoms with van der Waals surface area (Å²) in [7, 11) is 0. The van der Waals surface area contributed by atoms with Crippen molar-refractivity contribution in [2.75, 3.05) is 6.16 Å². The molecule has 1 aromatic rings. The van der Waals surface area contributed by atoms with Crippen molar-refractivity contribution in [3.8, 4) is 0 Å². The maximum absolute atomic E-state index is 6.17. The molecule has 0 amide bonds. The van der Waals surface area contributed by atoms with Crippen molar-refractivity contribution in [2.45, 2.75) is 6.92 Å². The third kappa shape index (κ3) is 2.30. The van der Waals surface area contributed by atoms with Crippen molar-refractivity contribution < 1.29 is 0 Å². The maximum atomic E-state index is 6.17. The van der Waals surface area contributed by atoms with E-state index < -0.39 is 5.39 Å². The van der Waals surface area contributed by atoms with Crippen LogP contribution in [0.4, 0.5) is 0 Å². The minimum absolute atomic E-state index is 0.883. The average Bonchev–Trinajstić information content (AvgIpc) is 2.06. The number of rotatable bonds is 2. The van der Waals surface area contributed by atoms with Crippen LogP contribution in [0, 0.1) is 0 Å². The molecule has 0 radical (unpaired) electrons. The topological polar surface area (TPSA) is 0 Å². The van der Waals surface area contributed by atoms with Crippen LogP contribution in [0.5, 0.6) is 0 Å². The molecule has 0 saturated carbocycles. The zero-order chi connectivity index (χ0) is 8.32. The Morgan fingerprint density at radius 2 is 1.91 bits per heavy atom. The Morgan fingerprint density at radius 1 is 1.36 bits per heavy atom. The van der Waals surface area contributed by atoms with Gasteiger partial charge in [0.1, 0.15) is 0 Å². The molecule has 1 aromatic carbocycles. The third-order valence-corrected chi connectivity index (χ3v) is 6.14. The van der Waals surface area contributed by atoms with Gasteiger partial charge in [0.05, 0.1) is 5.39 Å². The predicted molar refractivity (Wildman–Crippen MR) is 56.8 cm³/mol. The number of benzene rings is 1. The summed E-state index contributed by atoms with van der Waals surface area (Å²) in [5.74, 6) is 0. The smallest absolute Gasteiger partial charge is 0.0656 e. The zero-order valence-electron chi connectivity index (χ0n) is 6.33. The average molecular weight is 205 g/mol. The SMILES string of the molecule is CCP(=S)(Cl)c1ccccc1. The maximum Gasteiger partial charge on any atom is 0.0656 e. The van der Waals surface area contributed by atoms with E-state index in [1.807, 2.05) is 37.3 Å². The van der Waals surface area contributed by atoms with Crippen molar-refractivity contribution in [1.82, 2.24) is 0 Å². The Hall–Kier alpha value is 0.160. The first-order valence-corrected chi connectivity index (χ1v) is 7.40. The van der Waals surface area contributed by atoms with Gasteiger partial charge in [-0.3, -0.25) is 0 Å². The van der Waals surface area contributed by atoms with Gasteiger partial charge in [0.2, 0.25) is 0 Å². The largest absolute Gasteiger partial charge is 0.0806 e. The van der Waals surface area contributed by atoms with Crippen LogP contribution in [0.25, 0.3) is 0 Å². The van der Waals surface area contributed by atoms with Crippen LogP contribution in [-0.4, -0.2) is 6.16 Å². The Balaban J connectivity index is 3.03. The second kappa shape index (κ2) is 3.71. The molecule has 0 saturated heterocycles. The first kappa shape index (κ1) is 9.25. The molecule has 1 atom stereocenters. The lowest BCUT2D eigenvalue weighted by Gasteiger charge is -2.10. The molecule has 0 N–H and O–H groups in total. The molecular formula is C8H10ClPS. The number of halogens is 1. The van der Waals surface area contributed by atoms with E-state index >= 15 is 0 Å². The van der Waals surface area contributed by atoms with Crippen LogP contribution < -0.4 is 5.30 Å². The number of hydrogen-bond acceptors (Lipinski definition) is 1. The molecule has 0 nitrogen and oxygen atoms in total. The quantitative estimate of drug-likeness (QED) is 0.668. The highest BCUT2D eigenvalue weighted by Crippen LogP contribution is 2.49. The first-order valence-electron chi connectivity index (χ1n) is 3.51. The zero-order valence-corrected chi connectivity index (χ0v) is 8.79. The molecule has 3 heteroatoms. The molecule has 0 bridgehead atoms. The second-order valence-electron chi connectivity index (χ2n) is 2.30. The molecule has 60 valence electrons. The van der Waals surface area contributed by atoms with Crippen molar-refractivity contribution in [1.29, 1.82) is 0 Å². The summed E-state index contributed by atoms with van der Waals surface area (Å²) in [5.41, 5.74) is 0. The van der Waals surface area contributed by atoms with Crippen molar-refractivity contribution in [2.24, 2.45) is 0 Å². The number of hydrogen-bond donors (Lipinski definition) is 0. The minimum atomic E-state index is -1.72. The Labute approximate surface area is 77.4 Å². The van der Waals surface area contributed by atoms with E-state index in [9.17, 15) is 0 Å².